The summed E-state index contributed by atoms with van der Waals surface area (Å²) in [5.41, 5.74) is 1.85. The van der Waals surface area contributed by atoms with Crippen molar-refractivity contribution < 1.29 is 52.6 Å². The standard InChI is InChI=1S/C48H77N9O11/c1-33(2)39(42(61)52-31-38(58)53-35(40(59)56-49)21-10-16-28-50-44(63)67-47(3)24-12-6-13-25-47)55-41(60)37-23-18-30-57(37)43(62)36(54-46(65)66-32-34-19-8-5-9-20-34)22-11-17-29-51-45(64)68-48(4)26-14-7-15-27-48/h5,8-9,19-20,33,35-37,39H,6-7,10-18,21-32,49H2,1-4H3,(H,50,63)(H,51,64)(H,52,61)(H,53,58)(H,54,65)(H,55,60)(H,56,59)/t35-,36-,37-,39-/m0/s1. The zero-order chi connectivity index (χ0) is 49.5. The predicted molar refractivity (Wildman–Crippen MR) is 252 cm³/mol. The largest absolute Gasteiger partial charge is 0.445 e. The van der Waals surface area contributed by atoms with Crippen LogP contribution in [-0.4, -0.2) is 114 Å². The van der Waals surface area contributed by atoms with Crippen LogP contribution in [0.15, 0.2) is 30.3 Å². The molecule has 2 aliphatic carbocycles. The van der Waals surface area contributed by atoms with Crippen molar-refractivity contribution in [3.8, 4) is 0 Å². The molecular weight excluding hydrogens is 879 g/mol. The Kier molecular flexibility index (Phi) is 22.6. The highest BCUT2D eigenvalue weighted by molar-refractivity contribution is 5.95. The number of carbonyl (C=O) groups is 8. The molecule has 4 rings (SSSR count). The number of unbranched alkanes of at least 4 members (excludes halogenated alkanes) is 2. The molecule has 20 nitrogen and oxygen atoms in total. The highest BCUT2D eigenvalue weighted by Crippen LogP contribution is 2.32. The Balaban J connectivity index is 1.27. The van der Waals surface area contributed by atoms with Crippen molar-refractivity contribution in [2.75, 3.05) is 26.2 Å². The molecule has 1 aromatic rings. The topological polar surface area (TPSA) is 278 Å². The quantitative estimate of drug-likeness (QED) is 0.0238. The van der Waals surface area contributed by atoms with Crippen LogP contribution in [0.3, 0.4) is 0 Å². The van der Waals surface area contributed by atoms with Gasteiger partial charge in [0, 0.05) is 19.6 Å². The Morgan fingerprint density at radius 3 is 1.78 bits per heavy atom. The number of nitrogens with two attached hydrogens (primary N) is 1. The smallest absolute Gasteiger partial charge is 0.408 e. The van der Waals surface area contributed by atoms with Crippen LogP contribution < -0.4 is 43.2 Å². The lowest BCUT2D eigenvalue weighted by Crippen LogP contribution is -2.58. The first-order valence-electron chi connectivity index (χ1n) is 24.6. The van der Waals surface area contributed by atoms with E-state index in [1.54, 1.807) is 26.0 Å². The molecule has 0 radical (unpaired) electrons. The van der Waals surface area contributed by atoms with Crippen molar-refractivity contribution in [1.82, 2.24) is 42.2 Å². The first-order valence-corrected chi connectivity index (χ1v) is 24.6. The molecule has 9 N–H and O–H groups in total. The van der Waals surface area contributed by atoms with Crippen LogP contribution >= 0.6 is 0 Å². The monoisotopic (exact) mass is 956 g/mol. The van der Waals surface area contributed by atoms with Gasteiger partial charge in [0.15, 0.2) is 0 Å². The molecule has 3 aliphatic rings. The maximum atomic E-state index is 14.2. The maximum absolute atomic E-state index is 14.2. The van der Waals surface area contributed by atoms with Gasteiger partial charge < -0.3 is 51.0 Å². The van der Waals surface area contributed by atoms with Crippen molar-refractivity contribution >= 4 is 47.8 Å². The fraction of sp³-hybridized carbons (Fsp3) is 0.708. The summed E-state index contributed by atoms with van der Waals surface area (Å²) >= 11 is 0. The first-order chi connectivity index (χ1) is 32.5. The van der Waals surface area contributed by atoms with Crippen LogP contribution in [0, 0.1) is 5.92 Å². The number of amides is 8. The van der Waals surface area contributed by atoms with Gasteiger partial charge in [-0.1, -0.05) is 57.0 Å². The number of hydrogen-bond acceptors (Lipinski definition) is 12. The summed E-state index contributed by atoms with van der Waals surface area (Å²) in [7, 11) is 0. The van der Waals surface area contributed by atoms with Crippen LogP contribution in [0.5, 0.6) is 0 Å². The third-order valence-corrected chi connectivity index (χ3v) is 13.0. The van der Waals surface area contributed by atoms with Gasteiger partial charge in [0.1, 0.15) is 42.0 Å². The molecule has 1 saturated heterocycles. The molecule has 2 saturated carbocycles. The number of hydrazine groups is 1. The lowest BCUT2D eigenvalue weighted by molar-refractivity contribution is -0.141. The third-order valence-electron chi connectivity index (χ3n) is 13.0. The van der Waals surface area contributed by atoms with Crippen molar-refractivity contribution in [2.45, 2.75) is 185 Å². The Bertz CT molecular complexity index is 1820. The fourth-order valence-electron chi connectivity index (χ4n) is 9.00. The van der Waals surface area contributed by atoms with Crippen molar-refractivity contribution in [2.24, 2.45) is 11.8 Å². The fourth-order valence-corrected chi connectivity index (χ4v) is 9.00. The number of hydrogen-bond donors (Lipinski definition) is 8. The number of nitrogens with one attached hydrogen (secondary N) is 7. The average Bonchev–Trinajstić information content (AvgIpc) is 3.81. The third kappa shape index (κ3) is 18.8. The molecule has 1 heterocycles. The molecule has 20 heteroatoms. The lowest BCUT2D eigenvalue weighted by atomic mass is 9.86. The van der Waals surface area contributed by atoms with Gasteiger partial charge >= 0.3 is 18.3 Å². The molecular formula is C48H77N9O11. The predicted octanol–water partition coefficient (Wildman–Crippen LogP) is 4.24. The van der Waals surface area contributed by atoms with Crippen LogP contribution in [0.2, 0.25) is 0 Å². The summed E-state index contributed by atoms with van der Waals surface area (Å²) in [5.74, 6) is 1.95. The van der Waals surface area contributed by atoms with Crippen molar-refractivity contribution in [1.29, 1.82) is 0 Å². The van der Waals surface area contributed by atoms with E-state index in [1.807, 2.05) is 37.5 Å². The average molecular weight is 956 g/mol. The molecule has 380 valence electrons. The number of ether oxygens (including phenoxy) is 3. The SMILES string of the molecule is CC(C)[C@H](NC(=O)[C@@H]1CCCN1C(=O)[C@H](CCCCNC(=O)OC1(C)CCCCC1)NC(=O)OCc1ccccc1)C(=O)NCC(=O)N[C@@H](CCCCNC(=O)OC1(C)CCCCC1)C(=O)NN. The molecule has 4 atom stereocenters. The van der Waals surface area contributed by atoms with Gasteiger partial charge in [0.25, 0.3) is 5.91 Å². The van der Waals surface area contributed by atoms with E-state index in [9.17, 15) is 38.4 Å². The minimum absolute atomic E-state index is 0.0185. The van der Waals surface area contributed by atoms with E-state index >= 15 is 0 Å². The van der Waals surface area contributed by atoms with E-state index in [1.165, 1.54) is 4.90 Å². The number of alkyl carbamates (subject to hydrolysis) is 3. The summed E-state index contributed by atoms with van der Waals surface area (Å²) in [6, 6.07) is 4.98. The Labute approximate surface area is 400 Å². The van der Waals surface area contributed by atoms with Crippen molar-refractivity contribution in [3.63, 3.8) is 0 Å². The van der Waals surface area contributed by atoms with Gasteiger partial charge in [-0.15, -0.1) is 0 Å². The molecule has 0 bridgehead atoms. The molecule has 0 aromatic heterocycles. The second kappa shape index (κ2) is 28.0. The molecule has 68 heavy (non-hydrogen) atoms. The number of rotatable bonds is 24. The highest BCUT2D eigenvalue weighted by atomic mass is 16.6. The van der Waals surface area contributed by atoms with Crippen LogP contribution in [0.25, 0.3) is 0 Å². The highest BCUT2D eigenvalue weighted by Gasteiger charge is 2.40. The number of nitrogens with zero attached hydrogens (tertiary/aromatic N) is 1. The molecule has 1 aliphatic heterocycles. The number of likely N-dealkylation sites (tertiary alicyclic amines) is 1. The number of carbonyl (C=O) groups excluding carboxylic acids is 8. The van der Waals surface area contributed by atoms with Crippen LogP contribution in [0.1, 0.15) is 149 Å². The van der Waals surface area contributed by atoms with E-state index in [0.717, 1.165) is 69.8 Å². The Morgan fingerprint density at radius 2 is 1.24 bits per heavy atom. The summed E-state index contributed by atoms with van der Waals surface area (Å²) < 4.78 is 16.8. The van der Waals surface area contributed by atoms with E-state index < -0.39 is 95.6 Å². The molecule has 8 amide bonds. The Morgan fingerprint density at radius 1 is 0.676 bits per heavy atom. The molecule has 0 spiro atoms. The van der Waals surface area contributed by atoms with Gasteiger partial charge in [-0.05, 0) is 128 Å². The number of benzene rings is 1. The van der Waals surface area contributed by atoms with Gasteiger partial charge in [-0.3, -0.25) is 29.4 Å². The molecule has 1 aromatic carbocycles. The first kappa shape index (κ1) is 54.9. The summed E-state index contributed by atoms with van der Waals surface area (Å²) in [6.45, 7) is 7.65. The zero-order valence-electron chi connectivity index (χ0n) is 40.6. The summed E-state index contributed by atoms with van der Waals surface area (Å²) in [4.78, 5) is 106. The van der Waals surface area contributed by atoms with E-state index in [0.29, 0.717) is 51.6 Å². The Hall–Kier alpha value is -5.66. The van der Waals surface area contributed by atoms with Gasteiger partial charge in [-0.25, -0.2) is 20.2 Å². The van der Waals surface area contributed by atoms with Gasteiger partial charge in [0.2, 0.25) is 23.6 Å². The molecule has 0 unspecified atom stereocenters. The van der Waals surface area contributed by atoms with E-state index in [-0.39, 0.29) is 26.0 Å². The normalized spacial score (nSPS) is 18.7. The van der Waals surface area contributed by atoms with Gasteiger partial charge in [0.05, 0.1) is 6.54 Å². The van der Waals surface area contributed by atoms with E-state index in [2.05, 4.69) is 31.9 Å². The second-order valence-electron chi connectivity index (χ2n) is 19.2. The molecule has 3 fully saturated rings. The van der Waals surface area contributed by atoms with Crippen LogP contribution in [0.4, 0.5) is 14.4 Å². The van der Waals surface area contributed by atoms with Crippen molar-refractivity contribution in [3.05, 3.63) is 35.9 Å². The lowest BCUT2D eigenvalue weighted by Gasteiger charge is -2.33. The summed E-state index contributed by atoms with van der Waals surface area (Å²) in [5, 5.41) is 16.1. The minimum Gasteiger partial charge on any atom is -0.445 e. The van der Waals surface area contributed by atoms with E-state index in [4.69, 9.17) is 20.1 Å². The zero-order valence-corrected chi connectivity index (χ0v) is 40.6. The van der Waals surface area contributed by atoms with Gasteiger partial charge in [-0.2, -0.15) is 0 Å². The minimum atomic E-state index is -1.09. The summed E-state index contributed by atoms with van der Waals surface area (Å²) in [6.07, 6.45) is 10.9. The second-order valence-corrected chi connectivity index (χ2v) is 19.2. The maximum Gasteiger partial charge on any atom is 0.408 e. The van der Waals surface area contributed by atoms with Crippen LogP contribution in [-0.2, 0) is 44.8 Å².